The molecule has 5 heteroatoms. The lowest BCUT2D eigenvalue weighted by atomic mass is 10.1. The van der Waals surface area contributed by atoms with E-state index in [1.54, 1.807) is 0 Å². The first-order valence-corrected chi connectivity index (χ1v) is 6.60. The molecule has 1 atom stereocenters. The van der Waals surface area contributed by atoms with Crippen LogP contribution in [0.1, 0.15) is 18.1 Å². The second kappa shape index (κ2) is 9.36. The topological polar surface area (TPSA) is 70.6 Å². The molecule has 1 unspecified atom stereocenters. The number of rotatable bonds is 5. The van der Waals surface area contributed by atoms with Crippen molar-refractivity contribution in [1.29, 1.82) is 0 Å². The fourth-order valence-corrected chi connectivity index (χ4v) is 1.86. The Hall–Kier alpha value is -1.60. The molecule has 0 bridgehead atoms. The minimum absolute atomic E-state index is 0. The molecule has 0 radical (unpaired) electrons. The van der Waals surface area contributed by atoms with Crippen molar-refractivity contribution >= 4 is 35.6 Å². The molecule has 0 aliphatic carbocycles. The number of aliphatic imine (C=N–C) groups is 1. The summed E-state index contributed by atoms with van der Waals surface area (Å²) in [5.74, 6) is 0.358. The van der Waals surface area contributed by atoms with Crippen LogP contribution in [0.3, 0.4) is 0 Å². The van der Waals surface area contributed by atoms with Crippen LogP contribution >= 0.6 is 24.0 Å². The van der Waals surface area contributed by atoms with Crippen molar-refractivity contribution in [2.24, 2.45) is 10.7 Å². The second-order valence-corrected chi connectivity index (χ2v) is 4.47. The van der Waals surface area contributed by atoms with E-state index < -0.39 is 6.10 Å². The first-order valence-electron chi connectivity index (χ1n) is 6.60. The SMILES string of the molecule is I.NC(=NCCC(O)c1ccccc1)Nc1ccccc1. The standard InChI is InChI=1S/C16H19N3O.HI/c17-16(19-14-9-5-2-6-10-14)18-12-11-15(20)13-7-3-1-4-8-13;/h1-10,15,20H,11-12H2,(H3,17,18,19);1H. The van der Waals surface area contributed by atoms with Gasteiger partial charge in [-0.15, -0.1) is 24.0 Å². The van der Waals surface area contributed by atoms with Crippen LogP contribution < -0.4 is 11.1 Å². The van der Waals surface area contributed by atoms with Crippen molar-refractivity contribution in [2.45, 2.75) is 12.5 Å². The molecule has 2 rings (SSSR count). The molecular weight excluding hydrogens is 377 g/mol. The van der Waals surface area contributed by atoms with E-state index in [1.807, 2.05) is 60.7 Å². The Kier molecular flexibility index (Phi) is 7.78. The van der Waals surface area contributed by atoms with Crippen molar-refractivity contribution in [3.05, 3.63) is 66.2 Å². The normalized spacial score (nSPS) is 12.3. The molecular formula is C16H20IN3O. The van der Waals surface area contributed by atoms with Gasteiger partial charge in [0.2, 0.25) is 0 Å². The van der Waals surface area contributed by atoms with Gasteiger partial charge in [0.25, 0.3) is 0 Å². The van der Waals surface area contributed by atoms with Crippen LogP contribution in [0.4, 0.5) is 5.69 Å². The molecule has 112 valence electrons. The summed E-state index contributed by atoms with van der Waals surface area (Å²) in [5.41, 5.74) is 7.59. The number of hydrogen-bond acceptors (Lipinski definition) is 2. The van der Waals surface area contributed by atoms with E-state index in [-0.39, 0.29) is 24.0 Å². The molecule has 0 aliphatic rings. The maximum atomic E-state index is 9.99. The molecule has 0 aromatic heterocycles. The number of para-hydroxylation sites is 1. The summed E-state index contributed by atoms with van der Waals surface area (Å²) in [6.07, 6.45) is 0.0331. The summed E-state index contributed by atoms with van der Waals surface area (Å²) in [5, 5.41) is 13.0. The van der Waals surface area contributed by atoms with Crippen molar-refractivity contribution in [3.8, 4) is 0 Å². The van der Waals surface area contributed by atoms with Crippen LogP contribution in [-0.4, -0.2) is 17.6 Å². The van der Waals surface area contributed by atoms with Crippen molar-refractivity contribution in [2.75, 3.05) is 11.9 Å². The molecule has 21 heavy (non-hydrogen) atoms. The minimum Gasteiger partial charge on any atom is -0.388 e. The Morgan fingerprint density at radius 2 is 1.62 bits per heavy atom. The molecule has 0 spiro atoms. The average Bonchev–Trinajstić information content (AvgIpc) is 2.49. The highest BCUT2D eigenvalue weighted by molar-refractivity contribution is 14.0. The van der Waals surface area contributed by atoms with E-state index >= 15 is 0 Å². The zero-order valence-electron chi connectivity index (χ0n) is 11.6. The van der Waals surface area contributed by atoms with Crippen LogP contribution in [0, 0.1) is 0 Å². The third kappa shape index (κ3) is 6.14. The first-order chi connectivity index (χ1) is 9.75. The largest absolute Gasteiger partial charge is 0.388 e. The molecule has 0 aliphatic heterocycles. The van der Waals surface area contributed by atoms with Gasteiger partial charge < -0.3 is 16.2 Å². The van der Waals surface area contributed by atoms with Gasteiger partial charge in [0.15, 0.2) is 5.96 Å². The summed E-state index contributed by atoms with van der Waals surface area (Å²) in [6, 6.07) is 19.2. The van der Waals surface area contributed by atoms with Crippen LogP contribution in [0.2, 0.25) is 0 Å². The Morgan fingerprint density at radius 3 is 2.24 bits per heavy atom. The van der Waals surface area contributed by atoms with Crippen molar-refractivity contribution in [3.63, 3.8) is 0 Å². The minimum atomic E-state index is -0.510. The van der Waals surface area contributed by atoms with Gasteiger partial charge in [-0.05, 0) is 24.1 Å². The second-order valence-electron chi connectivity index (χ2n) is 4.47. The predicted molar refractivity (Wildman–Crippen MR) is 98.0 cm³/mol. The summed E-state index contributed by atoms with van der Waals surface area (Å²) in [7, 11) is 0. The van der Waals surface area contributed by atoms with E-state index in [2.05, 4.69) is 10.3 Å². The Morgan fingerprint density at radius 1 is 1.05 bits per heavy atom. The molecule has 0 fully saturated rings. The van der Waals surface area contributed by atoms with Gasteiger partial charge in [-0.2, -0.15) is 0 Å². The van der Waals surface area contributed by atoms with Crippen LogP contribution in [0.5, 0.6) is 0 Å². The van der Waals surface area contributed by atoms with Gasteiger partial charge in [-0.1, -0.05) is 48.5 Å². The first kappa shape index (κ1) is 17.5. The number of aliphatic hydroxyl groups excluding tert-OH is 1. The van der Waals surface area contributed by atoms with E-state index in [9.17, 15) is 5.11 Å². The third-order valence-electron chi connectivity index (χ3n) is 2.92. The van der Waals surface area contributed by atoms with Gasteiger partial charge in [0, 0.05) is 12.2 Å². The highest BCUT2D eigenvalue weighted by Crippen LogP contribution is 2.15. The highest BCUT2D eigenvalue weighted by Gasteiger charge is 2.05. The molecule has 4 N–H and O–H groups in total. The number of hydrogen-bond donors (Lipinski definition) is 3. The smallest absolute Gasteiger partial charge is 0.193 e. The van der Waals surface area contributed by atoms with Gasteiger partial charge in [-0.3, -0.25) is 4.99 Å². The molecule has 0 heterocycles. The fraction of sp³-hybridized carbons (Fsp3) is 0.188. The van der Waals surface area contributed by atoms with Gasteiger partial charge in [0.05, 0.1) is 6.10 Å². The number of nitrogens with zero attached hydrogens (tertiary/aromatic N) is 1. The summed E-state index contributed by atoms with van der Waals surface area (Å²) in [6.45, 7) is 0.474. The zero-order chi connectivity index (χ0) is 14.2. The van der Waals surface area contributed by atoms with Gasteiger partial charge >= 0.3 is 0 Å². The lowest BCUT2D eigenvalue weighted by Gasteiger charge is -2.09. The quantitative estimate of drug-likeness (QED) is 0.413. The lowest BCUT2D eigenvalue weighted by Crippen LogP contribution is -2.23. The number of anilines is 1. The number of guanidine groups is 1. The maximum absolute atomic E-state index is 9.99. The monoisotopic (exact) mass is 397 g/mol. The molecule has 0 amide bonds. The molecule has 0 saturated carbocycles. The number of aliphatic hydroxyl groups is 1. The number of halogens is 1. The van der Waals surface area contributed by atoms with Crippen LogP contribution in [0.25, 0.3) is 0 Å². The van der Waals surface area contributed by atoms with Gasteiger partial charge in [0.1, 0.15) is 0 Å². The number of nitrogens with two attached hydrogens (primary N) is 1. The summed E-state index contributed by atoms with van der Waals surface area (Å²) < 4.78 is 0. The van der Waals surface area contributed by atoms with E-state index in [0.29, 0.717) is 18.9 Å². The summed E-state index contributed by atoms with van der Waals surface area (Å²) >= 11 is 0. The molecule has 2 aromatic rings. The average molecular weight is 397 g/mol. The Balaban J connectivity index is 0.00000220. The molecule has 4 nitrogen and oxygen atoms in total. The number of benzene rings is 2. The van der Waals surface area contributed by atoms with Gasteiger partial charge in [-0.25, -0.2) is 0 Å². The third-order valence-corrected chi connectivity index (χ3v) is 2.92. The molecule has 2 aromatic carbocycles. The van der Waals surface area contributed by atoms with Crippen molar-refractivity contribution < 1.29 is 5.11 Å². The van der Waals surface area contributed by atoms with Crippen LogP contribution in [0.15, 0.2) is 65.7 Å². The lowest BCUT2D eigenvalue weighted by molar-refractivity contribution is 0.170. The van der Waals surface area contributed by atoms with Crippen molar-refractivity contribution in [1.82, 2.24) is 0 Å². The van der Waals surface area contributed by atoms with Crippen LogP contribution in [-0.2, 0) is 0 Å². The molecule has 0 saturated heterocycles. The summed E-state index contributed by atoms with van der Waals surface area (Å²) in [4.78, 5) is 4.21. The Labute approximate surface area is 142 Å². The maximum Gasteiger partial charge on any atom is 0.193 e. The Bertz CT molecular complexity index is 546. The highest BCUT2D eigenvalue weighted by atomic mass is 127. The predicted octanol–water partition coefficient (Wildman–Crippen LogP) is 3.15. The van der Waals surface area contributed by atoms with E-state index in [0.717, 1.165) is 11.3 Å². The fourth-order valence-electron chi connectivity index (χ4n) is 1.86. The zero-order valence-corrected chi connectivity index (χ0v) is 14.0. The van der Waals surface area contributed by atoms with E-state index in [4.69, 9.17) is 5.73 Å². The number of nitrogens with one attached hydrogen (secondary N) is 1. The van der Waals surface area contributed by atoms with E-state index in [1.165, 1.54) is 0 Å².